The van der Waals surface area contributed by atoms with Crippen LogP contribution in [0.25, 0.3) is 6.08 Å². The van der Waals surface area contributed by atoms with Crippen molar-refractivity contribution in [3.05, 3.63) is 42.0 Å². The Hall–Kier alpha value is -0.770. The normalized spacial score (nSPS) is 25.5. The Balaban J connectivity index is 1.41. The van der Waals surface area contributed by atoms with Crippen molar-refractivity contribution in [1.29, 1.82) is 0 Å². The number of thioether (sulfide) groups is 1. The summed E-state index contributed by atoms with van der Waals surface area (Å²) >= 11 is 2.12. The second-order valence-corrected chi connectivity index (χ2v) is 6.82. The molecule has 0 unspecified atom stereocenters. The van der Waals surface area contributed by atoms with Gasteiger partial charge in [-0.05, 0) is 17.7 Å². The number of rotatable bonds is 4. The van der Waals surface area contributed by atoms with Gasteiger partial charge >= 0.3 is 0 Å². The minimum atomic E-state index is 0.863. The van der Waals surface area contributed by atoms with E-state index < -0.39 is 0 Å². The molecule has 20 heavy (non-hydrogen) atoms. The Labute approximate surface area is 126 Å². The molecule has 2 aliphatic heterocycles. The summed E-state index contributed by atoms with van der Waals surface area (Å²) in [5.41, 5.74) is 1.30. The van der Waals surface area contributed by atoms with Crippen molar-refractivity contribution < 1.29 is 0 Å². The fraction of sp³-hybridized carbons (Fsp3) is 0.529. The maximum Gasteiger partial charge on any atom is 0.0195 e. The van der Waals surface area contributed by atoms with E-state index in [-0.39, 0.29) is 0 Å². The molecule has 2 saturated heterocycles. The Bertz CT molecular complexity index is 418. The van der Waals surface area contributed by atoms with Crippen LogP contribution in [0.2, 0.25) is 0 Å². The van der Waals surface area contributed by atoms with E-state index in [0.29, 0.717) is 0 Å². The van der Waals surface area contributed by atoms with E-state index in [4.69, 9.17) is 0 Å². The highest BCUT2D eigenvalue weighted by molar-refractivity contribution is 7.99. The fourth-order valence-electron chi connectivity index (χ4n) is 3.02. The first kappa shape index (κ1) is 14.2. The molecule has 2 fully saturated rings. The van der Waals surface area contributed by atoms with Crippen LogP contribution in [0.3, 0.4) is 0 Å². The minimum absolute atomic E-state index is 0.863. The van der Waals surface area contributed by atoms with Gasteiger partial charge in [-0.1, -0.05) is 42.5 Å². The second kappa shape index (κ2) is 7.30. The van der Waals surface area contributed by atoms with E-state index >= 15 is 0 Å². The molecular weight excluding hydrogens is 264 g/mol. The van der Waals surface area contributed by atoms with Crippen LogP contribution in [0, 0.1) is 0 Å². The monoisotopic (exact) mass is 288 g/mol. The zero-order valence-electron chi connectivity index (χ0n) is 12.1. The summed E-state index contributed by atoms with van der Waals surface area (Å²) in [5, 5.41) is 0. The van der Waals surface area contributed by atoms with Gasteiger partial charge in [0.05, 0.1) is 0 Å². The van der Waals surface area contributed by atoms with Crippen molar-refractivity contribution in [2.24, 2.45) is 0 Å². The highest BCUT2D eigenvalue weighted by Crippen LogP contribution is 2.23. The summed E-state index contributed by atoms with van der Waals surface area (Å²) < 4.78 is 0. The van der Waals surface area contributed by atoms with Gasteiger partial charge in [-0.15, -0.1) is 0 Å². The average molecular weight is 288 g/mol. The van der Waals surface area contributed by atoms with Crippen molar-refractivity contribution in [1.82, 2.24) is 9.80 Å². The van der Waals surface area contributed by atoms with Crippen molar-refractivity contribution in [3.63, 3.8) is 0 Å². The van der Waals surface area contributed by atoms with Gasteiger partial charge in [0.15, 0.2) is 0 Å². The van der Waals surface area contributed by atoms with Gasteiger partial charge in [0.25, 0.3) is 0 Å². The first-order chi connectivity index (χ1) is 9.92. The van der Waals surface area contributed by atoms with Crippen molar-refractivity contribution >= 4 is 17.8 Å². The molecule has 0 N–H and O–H groups in total. The lowest BCUT2D eigenvalue weighted by molar-refractivity contribution is 0.112. The van der Waals surface area contributed by atoms with Crippen LogP contribution in [-0.4, -0.2) is 60.1 Å². The van der Waals surface area contributed by atoms with Gasteiger partial charge in [-0.2, -0.15) is 11.8 Å². The van der Waals surface area contributed by atoms with Gasteiger partial charge in [0.2, 0.25) is 0 Å². The van der Waals surface area contributed by atoms with Gasteiger partial charge < -0.3 is 0 Å². The third-order valence-electron chi connectivity index (χ3n) is 4.30. The van der Waals surface area contributed by atoms with Crippen molar-refractivity contribution in [3.8, 4) is 0 Å². The van der Waals surface area contributed by atoms with Crippen LogP contribution in [0.15, 0.2) is 36.4 Å². The van der Waals surface area contributed by atoms with E-state index in [9.17, 15) is 0 Å². The van der Waals surface area contributed by atoms with Crippen LogP contribution in [0.5, 0.6) is 0 Å². The molecular formula is C17H24N2S. The second-order valence-electron chi connectivity index (χ2n) is 5.67. The Kier molecular flexibility index (Phi) is 5.17. The van der Waals surface area contributed by atoms with E-state index in [2.05, 4.69) is 64.0 Å². The van der Waals surface area contributed by atoms with Crippen molar-refractivity contribution in [2.45, 2.75) is 12.5 Å². The number of hydrogen-bond acceptors (Lipinski definition) is 3. The van der Waals surface area contributed by atoms with Crippen LogP contribution in [0.1, 0.15) is 12.0 Å². The lowest BCUT2D eigenvalue weighted by Crippen LogP contribution is -2.50. The first-order valence-corrected chi connectivity index (χ1v) is 8.83. The molecule has 2 nitrogen and oxygen atoms in total. The zero-order chi connectivity index (χ0) is 13.6. The molecule has 0 aromatic heterocycles. The number of nitrogens with zero attached hydrogens (tertiary/aromatic N) is 2. The molecule has 2 aliphatic rings. The molecule has 0 bridgehead atoms. The molecule has 1 aromatic rings. The molecule has 0 saturated carbocycles. The van der Waals surface area contributed by atoms with Crippen LogP contribution in [0.4, 0.5) is 0 Å². The Morgan fingerprint density at radius 2 is 1.90 bits per heavy atom. The minimum Gasteiger partial charge on any atom is -0.297 e. The molecule has 3 rings (SSSR count). The summed E-state index contributed by atoms with van der Waals surface area (Å²) in [7, 11) is 0. The smallest absolute Gasteiger partial charge is 0.0195 e. The van der Waals surface area contributed by atoms with Gasteiger partial charge in [-0.3, -0.25) is 9.80 Å². The molecule has 0 radical (unpaired) electrons. The SMILES string of the molecule is C(=C\c1ccccc1)/CN1CCN([C@H]2CCSC2)CC1. The van der Waals surface area contributed by atoms with Crippen LogP contribution >= 0.6 is 11.8 Å². The van der Waals surface area contributed by atoms with Crippen LogP contribution in [-0.2, 0) is 0 Å². The largest absolute Gasteiger partial charge is 0.297 e. The summed E-state index contributed by atoms with van der Waals surface area (Å²) in [4.78, 5) is 5.27. The molecule has 1 atom stereocenters. The Morgan fingerprint density at radius 3 is 2.60 bits per heavy atom. The highest BCUT2D eigenvalue weighted by atomic mass is 32.2. The van der Waals surface area contributed by atoms with Gasteiger partial charge in [-0.25, -0.2) is 0 Å². The zero-order valence-corrected chi connectivity index (χ0v) is 12.9. The number of hydrogen-bond donors (Lipinski definition) is 0. The molecule has 1 aromatic carbocycles. The fourth-order valence-corrected chi connectivity index (χ4v) is 4.28. The van der Waals surface area contributed by atoms with Crippen LogP contribution < -0.4 is 0 Å². The predicted octanol–water partition coefficient (Wildman–Crippen LogP) is 2.82. The lowest BCUT2D eigenvalue weighted by Gasteiger charge is -2.37. The summed E-state index contributed by atoms with van der Waals surface area (Å²) in [5.74, 6) is 2.72. The molecule has 0 amide bonds. The maximum atomic E-state index is 2.71. The van der Waals surface area contributed by atoms with E-state index in [0.717, 1.165) is 12.6 Å². The molecule has 0 aliphatic carbocycles. The topological polar surface area (TPSA) is 6.48 Å². The van der Waals surface area contributed by atoms with Gasteiger partial charge in [0.1, 0.15) is 0 Å². The molecule has 3 heteroatoms. The molecule has 0 spiro atoms. The van der Waals surface area contributed by atoms with Gasteiger partial charge in [0, 0.05) is 44.5 Å². The summed E-state index contributed by atoms with van der Waals surface area (Å²) in [6.45, 7) is 6.04. The lowest BCUT2D eigenvalue weighted by atomic mass is 10.2. The highest BCUT2D eigenvalue weighted by Gasteiger charge is 2.25. The first-order valence-electron chi connectivity index (χ1n) is 7.67. The molecule has 108 valence electrons. The number of benzene rings is 1. The third kappa shape index (κ3) is 3.87. The number of piperazine rings is 1. The van der Waals surface area contributed by atoms with E-state index in [1.807, 2.05) is 0 Å². The maximum absolute atomic E-state index is 2.71. The van der Waals surface area contributed by atoms with Crippen molar-refractivity contribution in [2.75, 3.05) is 44.2 Å². The molecule has 2 heterocycles. The third-order valence-corrected chi connectivity index (χ3v) is 5.45. The Morgan fingerprint density at radius 1 is 1.10 bits per heavy atom. The predicted molar refractivity (Wildman–Crippen MR) is 89.2 cm³/mol. The summed E-state index contributed by atoms with van der Waals surface area (Å²) in [6.07, 6.45) is 5.94. The van der Waals surface area contributed by atoms with E-state index in [1.165, 1.54) is 49.7 Å². The average Bonchev–Trinajstić information content (AvgIpc) is 3.03. The summed E-state index contributed by atoms with van der Waals surface area (Å²) in [6, 6.07) is 11.4. The van der Waals surface area contributed by atoms with E-state index in [1.54, 1.807) is 0 Å². The standard InChI is InChI=1S/C17H24N2S/c1-2-5-16(6-3-1)7-4-9-18-10-12-19(13-11-18)17-8-14-20-15-17/h1-7,17H,8-15H2/b7-4+/t17-/m0/s1. The quantitative estimate of drug-likeness (QED) is 0.841.